The number of fused-ring (bicyclic) bond motifs is 1. The molecule has 0 saturated heterocycles. The SMILES string of the molecule is CCOn1c(=O)c(C(=O)NCC(=O)O)c(O)c2c(C)nsc21. The predicted molar refractivity (Wildman–Crippen MR) is 77.4 cm³/mol. The van der Waals surface area contributed by atoms with E-state index in [1.807, 2.05) is 5.32 Å². The summed E-state index contributed by atoms with van der Waals surface area (Å²) in [5.74, 6) is -2.80. The number of pyridine rings is 1. The molecule has 2 aromatic rings. The lowest BCUT2D eigenvalue weighted by molar-refractivity contribution is -0.135. The molecular weight excluding hydrogens is 314 g/mol. The molecule has 0 aromatic carbocycles. The van der Waals surface area contributed by atoms with Crippen LogP contribution in [0.15, 0.2) is 4.79 Å². The van der Waals surface area contributed by atoms with Gasteiger partial charge in [0.15, 0.2) is 10.4 Å². The van der Waals surface area contributed by atoms with Crippen molar-refractivity contribution < 1.29 is 24.6 Å². The second kappa shape index (κ2) is 6.02. The number of carbonyl (C=O) groups is 2. The number of nitrogens with one attached hydrogen (secondary N) is 1. The van der Waals surface area contributed by atoms with Crippen LogP contribution in [-0.2, 0) is 4.79 Å². The summed E-state index contributed by atoms with van der Waals surface area (Å²) >= 11 is 0.950. The third-order valence-corrected chi connectivity index (χ3v) is 3.69. The minimum atomic E-state index is -1.27. The molecule has 9 nitrogen and oxygen atoms in total. The fourth-order valence-corrected chi connectivity index (χ4v) is 2.74. The van der Waals surface area contributed by atoms with Gasteiger partial charge in [-0.25, -0.2) is 0 Å². The maximum atomic E-state index is 12.3. The van der Waals surface area contributed by atoms with Gasteiger partial charge in [-0.05, 0) is 25.4 Å². The van der Waals surface area contributed by atoms with Gasteiger partial charge in [0.1, 0.15) is 18.9 Å². The van der Waals surface area contributed by atoms with Gasteiger partial charge in [0.05, 0.1) is 11.1 Å². The molecule has 0 fully saturated rings. The number of aryl methyl sites for hydroxylation is 1. The standard InChI is InChI=1S/C12H13N3O6S/c1-3-21-15-11(20)8(10(19)13-4-6(16)17)9(18)7-5(2)14-22-12(7)15/h18H,3-4H2,1-2H3,(H,13,19)(H,16,17). The molecule has 0 spiro atoms. The summed E-state index contributed by atoms with van der Waals surface area (Å²) in [4.78, 5) is 40.3. The molecule has 0 radical (unpaired) electrons. The molecule has 0 atom stereocenters. The number of amides is 1. The van der Waals surface area contributed by atoms with Gasteiger partial charge in [-0.15, -0.1) is 4.73 Å². The molecule has 1 amide bonds. The Labute approximate surface area is 127 Å². The maximum absolute atomic E-state index is 12.3. The zero-order valence-electron chi connectivity index (χ0n) is 11.7. The van der Waals surface area contributed by atoms with Gasteiger partial charge in [-0.1, -0.05) is 0 Å². The lowest BCUT2D eigenvalue weighted by Gasteiger charge is -2.11. The van der Waals surface area contributed by atoms with Crippen molar-refractivity contribution in [3.63, 3.8) is 0 Å². The second-order valence-corrected chi connectivity index (χ2v) is 5.02. The molecule has 0 aliphatic carbocycles. The van der Waals surface area contributed by atoms with E-state index in [4.69, 9.17) is 9.94 Å². The highest BCUT2D eigenvalue weighted by Gasteiger charge is 2.25. The molecule has 3 N–H and O–H groups in total. The number of aromatic nitrogens is 2. The van der Waals surface area contributed by atoms with Crippen molar-refractivity contribution in [2.75, 3.05) is 13.2 Å². The smallest absolute Gasteiger partial charge is 0.322 e. The summed E-state index contributed by atoms with van der Waals surface area (Å²) < 4.78 is 4.92. The topological polar surface area (TPSA) is 131 Å². The van der Waals surface area contributed by atoms with Crippen molar-refractivity contribution in [2.24, 2.45) is 0 Å². The van der Waals surface area contributed by atoms with Crippen LogP contribution in [0.25, 0.3) is 10.2 Å². The summed E-state index contributed by atoms with van der Waals surface area (Å²) in [7, 11) is 0. The first kappa shape index (κ1) is 15.8. The Bertz CT molecular complexity index is 809. The highest BCUT2D eigenvalue weighted by atomic mass is 32.1. The molecule has 0 aliphatic heterocycles. The van der Waals surface area contributed by atoms with Crippen LogP contribution in [0.4, 0.5) is 0 Å². The number of aromatic hydroxyl groups is 1. The van der Waals surface area contributed by atoms with Crippen molar-refractivity contribution in [1.82, 2.24) is 14.4 Å². The molecule has 2 heterocycles. The molecule has 2 aromatic heterocycles. The zero-order chi connectivity index (χ0) is 16.4. The molecule has 22 heavy (non-hydrogen) atoms. The van der Waals surface area contributed by atoms with E-state index in [9.17, 15) is 19.5 Å². The molecule has 0 unspecified atom stereocenters. The van der Waals surface area contributed by atoms with E-state index in [1.165, 1.54) is 0 Å². The monoisotopic (exact) mass is 327 g/mol. The zero-order valence-corrected chi connectivity index (χ0v) is 12.6. The number of rotatable bonds is 5. The van der Waals surface area contributed by atoms with Gasteiger partial charge >= 0.3 is 11.5 Å². The van der Waals surface area contributed by atoms with Gasteiger partial charge < -0.3 is 20.4 Å². The van der Waals surface area contributed by atoms with E-state index < -0.39 is 35.3 Å². The summed E-state index contributed by atoms with van der Waals surface area (Å²) in [5, 5.41) is 21.1. The molecular formula is C12H13N3O6S. The first-order chi connectivity index (χ1) is 10.4. The summed E-state index contributed by atoms with van der Waals surface area (Å²) in [6.07, 6.45) is 0. The highest BCUT2D eigenvalue weighted by Crippen LogP contribution is 2.31. The molecule has 0 bridgehead atoms. The van der Waals surface area contributed by atoms with Crippen molar-refractivity contribution in [3.05, 3.63) is 21.6 Å². The number of hydrogen-bond acceptors (Lipinski definition) is 7. The quantitative estimate of drug-likeness (QED) is 0.689. The number of carboxylic acid groups (broad SMARTS) is 1. The van der Waals surface area contributed by atoms with E-state index in [2.05, 4.69) is 4.37 Å². The Balaban J connectivity index is 2.67. The van der Waals surface area contributed by atoms with Gasteiger partial charge in [-0.3, -0.25) is 14.4 Å². The van der Waals surface area contributed by atoms with Crippen LogP contribution in [0.2, 0.25) is 0 Å². The van der Waals surface area contributed by atoms with E-state index >= 15 is 0 Å². The second-order valence-electron chi connectivity index (χ2n) is 4.27. The van der Waals surface area contributed by atoms with Crippen LogP contribution in [-0.4, -0.2) is 44.3 Å². The van der Waals surface area contributed by atoms with Gasteiger partial charge in [0.2, 0.25) is 0 Å². The third-order valence-electron chi connectivity index (χ3n) is 2.79. The average molecular weight is 327 g/mol. The maximum Gasteiger partial charge on any atom is 0.322 e. The van der Waals surface area contributed by atoms with Crippen molar-refractivity contribution in [3.8, 4) is 5.75 Å². The Hall–Kier alpha value is -2.62. The Morgan fingerprint density at radius 3 is 2.73 bits per heavy atom. The van der Waals surface area contributed by atoms with Crippen LogP contribution in [0.5, 0.6) is 5.75 Å². The van der Waals surface area contributed by atoms with Crippen molar-refractivity contribution in [2.45, 2.75) is 13.8 Å². The Morgan fingerprint density at radius 2 is 2.14 bits per heavy atom. The van der Waals surface area contributed by atoms with Crippen molar-refractivity contribution >= 4 is 33.6 Å². The minimum Gasteiger partial charge on any atom is -0.506 e. The summed E-state index contributed by atoms with van der Waals surface area (Å²) in [6.45, 7) is 2.75. The number of hydrogen-bond donors (Lipinski definition) is 3. The van der Waals surface area contributed by atoms with Gasteiger partial charge in [-0.2, -0.15) is 4.37 Å². The van der Waals surface area contributed by atoms with Crippen LogP contribution < -0.4 is 15.7 Å². The lowest BCUT2D eigenvalue weighted by Crippen LogP contribution is -2.37. The lowest BCUT2D eigenvalue weighted by atomic mass is 10.1. The van der Waals surface area contributed by atoms with Crippen LogP contribution in [0.3, 0.4) is 0 Å². The normalized spacial score (nSPS) is 10.6. The fraction of sp³-hybridized carbons (Fsp3) is 0.333. The van der Waals surface area contributed by atoms with E-state index in [0.29, 0.717) is 5.69 Å². The fourth-order valence-electron chi connectivity index (χ4n) is 1.88. The highest BCUT2D eigenvalue weighted by molar-refractivity contribution is 7.13. The first-order valence-corrected chi connectivity index (χ1v) is 7.03. The largest absolute Gasteiger partial charge is 0.506 e. The Morgan fingerprint density at radius 1 is 1.45 bits per heavy atom. The van der Waals surface area contributed by atoms with E-state index in [1.54, 1.807) is 13.8 Å². The van der Waals surface area contributed by atoms with Crippen LogP contribution >= 0.6 is 11.5 Å². The minimum absolute atomic E-state index is 0.160. The van der Waals surface area contributed by atoms with E-state index in [-0.39, 0.29) is 16.8 Å². The van der Waals surface area contributed by atoms with Crippen molar-refractivity contribution in [1.29, 1.82) is 0 Å². The molecule has 10 heteroatoms. The van der Waals surface area contributed by atoms with Crippen LogP contribution in [0, 0.1) is 6.92 Å². The Kier molecular flexibility index (Phi) is 4.31. The summed E-state index contributed by atoms with van der Waals surface area (Å²) in [5.41, 5.74) is -1.03. The number of carboxylic acids is 1. The van der Waals surface area contributed by atoms with E-state index in [0.717, 1.165) is 16.3 Å². The van der Waals surface area contributed by atoms with Gasteiger partial charge in [0, 0.05) is 0 Å². The average Bonchev–Trinajstić information content (AvgIpc) is 2.83. The molecule has 2 rings (SSSR count). The molecule has 0 aliphatic rings. The van der Waals surface area contributed by atoms with Crippen LogP contribution in [0.1, 0.15) is 23.0 Å². The molecule has 118 valence electrons. The number of nitrogens with zero attached hydrogens (tertiary/aromatic N) is 2. The molecule has 0 saturated carbocycles. The number of carbonyl (C=O) groups excluding carboxylic acids is 1. The van der Waals surface area contributed by atoms with Gasteiger partial charge in [0.25, 0.3) is 5.91 Å². The number of aliphatic carboxylic acids is 1. The predicted octanol–water partition coefficient (Wildman–Crippen LogP) is -0.265. The summed E-state index contributed by atoms with van der Waals surface area (Å²) in [6, 6.07) is 0. The first-order valence-electron chi connectivity index (χ1n) is 6.25. The third kappa shape index (κ3) is 2.60.